The summed E-state index contributed by atoms with van der Waals surface area (Å²) in [6, 6.07) is 4.80. The van der Waals surface area contributed by atoms with E-state index >= 15 is 0 Å². The van der Waals surface area contributed by atoms with Crippen LogP contribution in [0.3, 0.4) is 0 Å². The van der Waals surface area contributed by atoms with Crippen molar-refractivity contribution in [3.05, 3.63) is 28.3 Å². The van der Waals surface area contributed by atoms with Crippen LogP contribution in [0.5, 0.6) is 5.75 Å². The van der Waals surface area contributed by atoms with Crippen molar-refractivity contribution in [3.63, 3.8) is 0 Å². The number of ether oxygens (including phenoxy) is 1. The van der Waals surface area contributed by atoms with Crippen molar-refractivity contribution in [3.8, 4) is 5.75 Å². The third-order valence-electron chi connectivity index (χ3n) is 4.54. The van der Waals surface area contributed by atoms with Crippen molar-refractivity contribution < 1.29 is 14.8 Å². The molecule has 1 aromatic rings. The van der Waals surface area contributed by atoms with Crippen molar-refractivity contribution in [2.75, 3.05) is 25.1 Å². The zero-order valence-electron chi connectivity index (χ0n) is 11.4. The summed E-state index contributed by atoms with van der Waals surface area (Å²) in [6.07, 6.45) is 1.58. The van der Waals surface area contributed by atoms with Gasteiger partial charge in [-0.2, -0.15) is 0 Å². The first kappa shape index (κ1) is 13.2. The van der Waals surface area contributed by atoms with Crippen molar-refractivity contribution >= 4 is 11.4 Å². The average Bonchev–Trinajstić information content (AvgIpc) is 3.00. The molecule has 20 heavy (non-hydrogen) atoms. The molecule has 0 amide bonds. The summed E-state index contributed by atoms with van der Waals surface area (Å²) >= 11 is 0. The van der Waals surface area contributed by atoms with E-state index in [0.29, 0.717) is 23.9 Å². The van der Waals surface area contributed by atoms with Crippen LogP contribution in [0.15, 0.2) is 18.2 Å². The van der Waals surface area contributed by atoms with Crippen LogP contribution in [0.4, 0.5) is 11.4 Å². The zero-order chi connectivity index (χ0) is 14.3. The molecule has 2 aliphatic rings. The van der Waals surface area contributed by atoms with Gasteiger partial charge in [0.2, 0.25) is 0 Å². The Morgan fingerprint density at radius 1 is 1.40 bits per heavy atom. The lowest BCUT2D eigenvalue weighted by molar-refractivity contribution is -0.384. The standard InChI is InChI=1S/C14H18N2O4/c1-20-10-3-4-12(16(18)19)13(6-10)15-7-9-2-5-14(17)11(9)8-15/h3-4,6,9,11,14,17H,2,5,7-8H2,1H3. The molecule has 1 saturated heterocycles. The monoisotopic (exact) mass is 278 g/mol. The summed E-state index contributed by atoms with van der Waals surface area (Å²) < 4.78 is 5.17. The second-order valence-corrected chi connectivity index (χ2v) is 5.59. The molecule has 0 aromatic heterocycles. The van der Waals surface area contributed by atoms with Crippen LogP contribution in [0, 0.1) is 22.0 Å². The van der Waals surface area contributed by atoms with Crippen molar-refractivity contribution in [2.45, 2.75) is 18.9 Å². The molecule has 1 saturated carbocycles. The first-order valence-corrected chi connectivity index (χ1v) is 6.85. The minimum atomic E-state index is -0.362. The SMILES string of the molecule is COc1ccc([N+](=O)[O-])c(N2CC3CCC(O)C3C2)c1. The summed E-state index contributed by atoms with van der Waals surface area (Å²) in [5.74, 6) is 1.29. The Morgan fingerprint density at radius 3 is 2.85 bits per heavy atom. The van der Waals surface area contributed by atoms with E-state index in [4.69, 9.17) is 4.74 Å². The Labute approximate surface area is 117 Å². The molecule has 6 nitrogen and oxygen atoms in total. The van der Waals surface area contributed by atoms with Gasteiger partial charge in [0.05, 0.1) is 18.1 Å². The van der Waals surface area contributed by atoms with Crippen LogP contribution in [0.2, 0.25) is 0 Å². The fraction of sp³-hybridized carbons (Fsp3) is 0.571. The first-order chi connectivity index (χ1) is 9.60. The molecule has 1 aliphatic heterocycles. The van der Waals surface area contributed by atoms with Gasteiger partial charge >= 0.3 is 0 Å². The number of hydrogen-bond acceptors (Lipinski definition) is 5. The maximum atomic E-state index is 11.2. The summed E-state index contributed by atoms with van der Waals surface area (Å²) in [7, 11) is 1.55. The van der Waals surface area contributed by atoms with Gasteiger partial charge in [-0.25, -0.2) is 0 Å². The number of aliphatic hydroxyl groups excluding tert-OH is 1. The van der Waals surface area contributed by atoms with Gasteiger partial charge in [0.15, 0.2) is 0 Å². The summed E-state index contributed by atoms with van der Waals surface area (Å²) in [6.45, 7) is 1.45. The molecule has 3 rings (SSSR count). The minimum absolute atomic E-state index is 0.0975. The molecular weight excluding hydrogens is 260 g/mol. The largest absolute Gasteiger partial charge is 0.497 e. The Balaban J connectivity index is 1.91. The van der Waals surface area contributed by atoms with Crippen molar-refractivity contribution in [2.24, 2.45) is 11.8 Å². The number of fused-ring (bicyclic) bond motifs is 1. The summed E-state index contributed by atoms with van der Waals surface area (Å²) in [4.78, 5) is 12.8. The average molecular weight is 278 g/mol. The minimum Gasteiger partial charge on any atom is -0.497 e. The van der Waals surface area contributed by atoms with Crippen LogP contribution < -0.4 is 9.64 Å². The fourth-order valence-electron chi connectivity index (χ4n) is 3.47. The highest BCUT2D eigenvalue weighted by Crippen LogP contribution is 2.42. The summed E-state index contributed by atoms with van der Waals surface area (Å²) in [5.41, 5.74) is 0.691. The highest BCUT2D eigenvalue weighted by Gasteiger charge is 2.43. The van der Waals surface area contributed by atoms with Crippen LogP contribution in [0.1, 0.15) is 12.8 Å². The molecule has 1 heterocycles. The molecule has 3 atom stereocenters. The van der Waals surface area contributed by atoms with Gasteiger partial charge in [0, 0.05) is 31.1 Å². The number of rotatable bonds is 3. The van der Waals surface area contributed by atoms with Crippen LogP contribution >= 0.6 is 0 Å². The second-order valence-electron chi connectivity index (χ2n) is 5.59. The van der Waals surface area contributed by atoms with Gasteiger partial charge in [0.25, 0.3) is 5.69 Å². The van der Waals surface area contributed by atoms with Crippen LogP contribution in [0.25, 0.3) is 0 Å². The Kier molecular flexibility index (Phi) is 3.25. The number of hydrogen-bond donors (Lipinski definition) is 1. The van der Waals surface area contributed by atoms with E-state index in [0.717, 1.165) is 19.4 Å². The Morgan fingerprint density at radius 2 is 2.20 bits per heavy atom. The van der Waals surface area contributed by atoms with Gasteiger partial charge < -0.3 is 14.7 Å². The molecule has 2 fully saturated rings. The third kappa shape index (κ3) is 2.10. The van der Waals surface area contributed by atoms with Gasteiger partial charge in [-0.1, -0.05) is 0 Å². The maximum Gasteiger partial charge on any atom is 0.292 e. The number of anilines is 1. The van der Waals surface area contributed by atoms with E-state index in [1.165, 1.54) is 6.07 Å². The molecule has 1 aliphatic carbocycles. The molecule has 1 N–H and O–H groups in total. The number of nitrogens with zero attached hydrogens (tertiary/aromatic N) is 2. The van der Waals surface area contributed by atoms with E-state index in [2.05, 4.69) is 0 Å². The lowest BCUT2D eigenvalue weighted by atomic mass is 10.00. The number of nitro benzene ring substituents is 1. The van der Waals surface area contributed by atoms with Crippen molar-refractivity contribution in [1.29, 1.82) is 0 Å². The topological polar surface area (TPSA) is 75.8 Å². The van der Waals surface area contributed by atoms with Gasteiger partial charge in [-0.15, -0.1) is 0 Å². The van der Waals surface area contributed by atoms with Crippen molar-refractivity contribution in [1.82, 2.24) is 0 Å². The fourth-order valence-corrected chi connectivity index (χ4v) is 3.47. The normalized spacial score (nSPS) is 28.5. The van der Waals surface area contributed by atoms with Gasteiger partial charge in [-0.3, -0.25) is 10.1 Å². The van der Waals surface area contributed by atoms with Crippen LogP contribution in [-0.2, 0) is 0 Å². The molecule has 1 aromatic carbocycles. The molecule has 0 radical (unpaired) electrons. The molecule has 3 unspecified atom stereocenters. The number of benzene rings is 1. The lowest BCUT2D eigenvalue weighted by Gasteiger charge is -2.20. The highest BCUT2D eigenvalue weighted by atomic mass is 16.6. The first-order valence-electron chi connectivity index (χ1n) is 6.85. The number of nitro groups is 1. The number of methoxy groups -OCH3 is 1. The molecule has 108 valence electrons. The maximum absolute atomic E-state index is 11.2. The second kappa shape index (κ2) is 4.94. The number of aliphatic hydroxyl groups is 1. The van der Waals surface area contributed by atoms with E-state index in [-0.39, 0.29) is 22.6 Å². The Bertz CT molecular complexity index is 534. The molecule has 0 bridgehead atoms. The van der Waals surface area contributed by atoms with Gasteiger partial charge in [0.1, 0.15) is 11.4 Å². The van der Waals surface area contributed by atoms with Crippen LogP contribution in [-0.4, -0.2) is 36.3 Å². The van der Waals surface area contributed by atoms with E-state index < -0.39 is 0 Å². The molecular formula is C14H18N2O4. The third-order valence-corrected chi connectivity index (χ3v) is 4.54. The lowest BCUT2D eigenvalue weighted by Crippen LogP contribution is -2.25. The van der Waals surface area contributed by atoms with Gasteiger partial charge in [-0.05, 0) is 24.8 Å². The molecule has 0 spiro atoms. The predicted octanol–water partition coefficient (Wildman–Crippen LogP) is 1.81. The quantitative estimate of drug-likeness (QED) is 0.674. The molecule has 6 heteroatoms. The van der Waals surface area contributed by atoms with E-state index in [1.54, 1.807) is 19.2 Å². The smallest absolute Gasteiger partial charge is 0.292 e. The zero-order valence-corrected chi connectivity index (χ0v) is 11.4. The summed E-state index contributed by atoms with van der Waals surface area (Å²) in [5, 5.41) is 21.1. The van der Waals surface area contributed by atoms with E-state index in [1.807, 2.05) is 4.90 Å². The van der Waals surface area contributed by atoms with E-state index in [9.17, 15) is 15.2 Å². The highest BCUT2D eigenvalue weighted by molar-refractivity contribution is 5.66. The predicted molar refractivity (Wildman–Crippen MR) is 74.1 cm³/mol. The Hall–Kier alpha value is -1.82.